The van der Waals surface area contributed by atoms with E-state index in [0.29, 0.717) is 6.54 Å². The van der Waals surface area contributed by atoms with E-state index in [1.165, 1.54) is 0 Å². The predicted molar refractivity (Wildman–Crippen MR) is 63.6 cm³/mol. The maximum atomic E-state index is 12.0. The third kappa shape index (κ3) is 3.95. The number of carbonyl (C=O) groups is 2. The number of carbonyl (C=O) groups excluding carboxylic acids is 2. The summed E-state index contributed by atoms with van der Waals surface area (Å²) in [5.74, 6) is -0.796. The number of hydrogen-bond acceptors (Lipinski definition) is 5. The first-order valence-electron chi connectivity index (χ1n) is 5.87. The molecule has 0 saturated carbocycles. The maximum Gasteiger partial charge on any atom is 0.254 e. The van der Waals surface area contributed by atoms with Gasteiger partial charge in [-0.05, 0) is 6.92 Å². The molecule has 0 unspecified atom stereocenters. The summed E-state index contributed by atoms with van der Waals surface area (Å²) in [4.78, 5) is 22.8. The fourth-order valence-electron chi connectivity index (χ4n) is 1.89. The second-order valence-electron chi connectivity index (χ2n) is 4.03. The molecule has 1 aliphatic heterocycles. The van der Waals surface area contributed by atoms with Gasteiger partial charge >= 0.3 is 0 Å². The van der Waals surface area contributed by atoms with Gasteiger partial charge in [0.15, 0.2) is 0 Å². The highest BCUT2D eigenvalue weighted by molar-refractivity contribution is 5.87. The van der Waals surface area contributed by atoms with Gasteiger partial charge in [0.25, 0.3) is 5.91 Å². The molecule has 0 aromatic rings. The Morgan fingerprint density at radius 3 is 2.47 bits per heavy atom. The molecule has 0 aromatic carbocycles. The number of rotatable bonds is 5. The minimum absolute atomic E-state index is 0.110. The second kappa shape index (κ2) is 6.53. The molecular formula is C10H21N5O2. The van der Waals surface area contributed by atoms with Crippen LogP contribution in [0.1, 0.15) is 13.3 Å². The SMILES string of the molecule is CCN(C(=O)[C@@H](N)CC(N)=O)N1CCNCC1. The van der Waals surface area contributed by atoms with Crippen molar-refractivity contribution in [1.82, 2.24) is 15.3 Å². The van der Waals surface area contributed by atoms with Crippen molar-refractivity contribution in [2.24, 2.45) is 11.5 Å². The summed E-state index contributed by atoms with van der Waals surface area (Å²) in [6, 6.07) is -0.845. The lowest BCUT2D eigenvalue weighted by atomic mass is 10.2. The fourth-order valence-corrected chi connectivity index (χ4v) is 1.89. The molecule has 0 spiro atoms. The van der Waals surface area contributed by atoms with E-state index in [2.05, 4.69) is 5.32 Å². The lowest BCUT2D eigenvalue weighted by Gasteiger charge is -2.38. The summed E-state index contributed by atoms with van der Waals surface area (Å²) in [6.07, 6.45) is -0.110. The van der Waals surface area contributed by atoms with Crippen LogP contribution in [-0.4, -0.2) is 60.6 Å². The summed E-state index contributed by atoms with van der Waals surface area (Å²) < 4.78 is 0. The van der Waals surface area contributed by atoms with Gasteiger partial charge in [-0.25, -0.2) is 5.01 Å². The maximum absolute atomic E-state index is 12.0. The molecular weight excluding hydrogens is 222 g/mol. The Balaban J connectivity index is 2.58. The van der Waals surface area contributed by atoms with Crippen LogP contribution in [0.15, 0.2) is 0 Å². The van der Waals surface area contributed by atoms with Gasteiger partial charge in [-0.3, -0.25) is 14.6 Å². The van der Waals surface area contributed by atoms with Crippen LogP contribution < -0.4 is 16.8 Å². The van der Waals surface area contributed by atoms with Crippen LogP contribution in [0.5, 0.6) is 0 Å². The third-order valence-corrected chi connectivity index (χ3v) is 2.73. The molecule has 1 fully saturated rings. The highest BCUT2D eigenvalue weighted by atomic mass is 16.2. The number of likely N-dealkylation sites (N-methyl/N-ethyl adjacent to an activating group) is 1. The molecule has 5 N–H and O–H groups in total. The van der Waals surface area contributed by atoms with E-state index in [1.807, 2.05) is 11.9 Å². The molecule has 2 amide bonds. The molecule has 17 heavy (non-hydrogen) atoms. The lowest BCUT2D eigenvalue weighted by molar-refractivity contribution is -0.152. The normalized spacial score (nSPS) is 18.7. The van der Waals surface area contributed by atoms with Crippen LogP contribution >= 0.6 is 0 Å². The minimum atomic E-state index is -0.845. The first kappa shape index (κ1) is 13.9. The van der Waals surface area contributed by atoms with Crippen molar-refractivity contribution < 1.29 is 9.59 Å². The van der Waals surface area contributed by atoms with Gasteiger partial charge in [0.05, 0.1) is 12.5 Å². The zero-order valence-electron chi connectivity index (χ0n) is 10.2. The van der Waals surface area contributed by atoms with Gasteiger partial charge in [-0.15, -0.1) is 0 Å². The molecule has 0 radical (unpaired) electrons. The highest BCUT2D eigenvalue weighted by Crippen LogP contribution is 2.04. The van der Waals surface area contributed by atoms with E-state index in [4.69, 9.17) is 11.5 Å². The fraction of sp³-hybridized carbons (Fsp3) is 0.800. The molecule has 0 aromatic heterocycles. The minimum Gasteiger partial charge on any atom is -0.370 e. The first-order chi connectivity index (χ1) is 8.06. The number of nitrogens with two attached hydrogens (primary N) is 2. The standard InChI is InChI=1S/C10H21N5O2/c1-2-15(14-5-3-13-4-6-14)10(17)8(11)7-9(12)16/h8,13H,2-7,11H2,1H3,(H2,12,16)/t8-/m0/s1. The molecule has 98 valence electrons. The molecule has 0 bridgehead atoms. The van der Waals surface area contributed by atoms with Crippen molar-refractivity contribution in [3.05, 3.63) is 0 Å². The van der Waals surface area contributed by atoms with Gasteiger partial charge in [0.1, 0.15) is 0 Å². The van der Waals surface area contributed by atoms with E-state index in [1.54, 1.807) is 5.01 Å². The third-order valence-electron chi connectivity index (χ3n) is 2.73. The van der Waals surface area contributed by atoms with Crippen LogP contribution in [-0.2, 0) is 9.59 Å². The van der Waals surface area contributed by atoms with Crippen LogP contribution in [0.3, 0.4) is 0 Å². The number of nitrogens with zero attached hydrogens (tertiary/aromatic N) is 2. The van der Waals surface area contributed by atoms with E-state index in [-0.39, 0.29) is 12.3 Å². The lowest BCUT2D eigenvalue weighted by Crippen LogP contribution is -2.58. The van der Waals surface area contributed by atoms with Crippen molar-refractivity contribution in [3.63, 3.8) is 0 Å². The van der Waals surface area contributed by atoms with Gasteiger partial charge in [0.2, 0.25) is 5.91 Å². The summed E-state index contributed by atoms with van der Waals surface area (Å²) in [6.45, 7) is 5.65. The average Bonchev–Trinajstić information content (AvgIpc) is 2.30. The Morgan fingerprint density at radius 1 is 1.41 bits per heavy atom. The van der Waals surface area contributed by atoms with Gasteiger partial charge in [-0.1, -0.05) is 0 Å². The number of hydrazine groups is 1. The Bertz CT molecular complexity index is 278. The first-order valence-corrected chi connectivity index (χ1v) is 5.87. The molecule has 1 saturated heterocycles. The van der Waals surface area contributed by atoms with E-state index < -0.39 is 11.9 Å². The van der Waals surface area contributed by atoms with Crippen molar-refractivity contribution in [2.75, 3.05) is 32.7 Å². The van der Waals surface area contributed by atoms with Crippen LogP contribution in [0.4, 0.5) is 0 Å². The number of nitrogens with one attached hydrogen (secondary N) is 1. The van der Waals surface area contributed by atoms with E-state index in [9.17, 15) is 9.59 Å². The van der Waals surface area contributed by atoms with E-state index in [0.717, 1.165) is 26.2 Å². The number of hydrogen-bond donors (Lipinski definition) is 3. The molecule has 1 heterocycles. The quantitative estimate of drug-likeness (QED) is 0.511. The highest BCUT2D eigenvalue weighted by Gasteiger charge is 2.26. The molecule has 1 rings (SSSR count). The molecule has 1 atom stereocenters. The topological polar surface area (TPSA) is 105 Å². The van der Waals surface area contributed by atoms with Crippen molar-refractivity contribution in [3.8, 4) is 0 Å². The molecule has 0 aliphatic carbocycles. The average molecular weight is 243 g/mol. The summed E-state index contributed by atoms with van der Waals surface area (Å²) in [7, 11) is 0. The number of amides is 2. The van der Waals surface area contributed by atoms with Crippen molar-refractivity contribution in [1.29, 1.82) is 0 Å². The van der Waals surface area contributed by atoms with Gasteiger partial charge in [-0.2, -0.15) is 0 Å². The van der Waals surface area contributed by atoms with Gasteiger partial charge < -0.3 is 16.8 Å². The smallest absolute Gasteiger partial charge is 0.254 e. The zero-order chi connectivity index (χ0) is 12.8. The van der Waals surface area contributed by atoms with Crippen molar-refractivity contribution in [2.45, 2.75) is 19.4 Å². The van der Waals surface area contributed by atoms with Gasteiger partial charge in [0, 0.05) is 32.7 Å². The molecule has 7 heteroatoms. The van der Waals surface area contributed by atoms with Crippen LogP contribution in [0, 0.1) is 0 Å². The molecule has 7 nitrogen and oxygen atoms in total. The number of piperazine rings is 1. The van der Waals surface area contributed by atoms with E-state index >= 15 is 0 Å². The van der Waals surface area contributed by atoms with Crippen LogP contribution in [0.25, 0.3) is 0 Å². The Labute approximate surface area is 101 Å². The predicted octanol–water partition coefficient (Wildman–Crippen LogP) is -2.14. The zero-order valence-corrected chi connectivity index (χ0v) is 10.2. The molecule has 1 aliphatic rings. The van der Waals surface area contributed by atoms with Crippen LogP contribution in [0.2, 0.25) is 0 Å². The summed E-state index contributed by atoms with van der Waals surface area (Å²) in [5.41, 5.74) is 10.7. The Hall–Kier alpha value is -1.18. The second-order valence-corrected chi connectivity index (χ2v) is 4.03. The largest absolute Gasteiger partial charge is 0.370 e. The Morgan fingerprint density at radius 2 is 2.00 bits per heavy atom. The summed E-state index contributed by atoms with van der Waals surface area (Å²) >= 11 is 0. The van der Waals surface area contributed by atoms with Crippen molar-refractivity contribution >= 4 is 11.8 Å². The summed E-state index contributed by atoms with van der Waals surface area (Å²) in [5, 5.41) is 6.77. The number of primary amides is 1. The Kier molecular flexibility index (Phi) is 5.33. The monoisotopic (exact) mass is 243 g/mol.